The first-order valence-corrected chi connectivity index (χ1v) is 20.6. The Morgan fingerprint density at radius 1 is 0.380 bits per heavy atom. The number of hydrogen-bond acceptors (Lipinski definition) is 4. The lowest BCUT2D eigenvalue weighted by Gasteiger charge is -2.20. The second-order valence-electron chi connectivity index (χ2n) is 21.3. The Balaban J connectivity index is -0.000000671. The molecule has 0 fully saturated rings. The van der Waals surface area contributed by atoms with E-state index in [4.69, 9.17) is 14.2 Å². The van der Waals surface area contributed by atoms with Crippen molar-refractivity contribution in [3.8, 4) is 0 Å². The molecule has 0 amide bonds. The number of hydrogen-bond donors (Lipinski definition) is 0. The van der Waals surface area contributed by atoms with E-state index in [0.29, 0.717) is 32.5 Å². The largest absolute Gasteiger partial charge is 0.381 e. The van der Waals surface area contributed by atoms with Crippen LogP contribution >= 0.6 is 11.8 Å². The first-order chi connectivity index (χ1) is 22.1. The first-order valence-electron chi connectivity index (χ1n) is 19.5. The molecule has 0 bridgehead atoms. The molecule has 1 aromatic rings. The lowest BCUT2D eigenvalue weighted by molar-refractivity contribution is 0.0881. The van der Waals surface area contributed by atoms with Crippen LogP contribution in [0.15, 0.2) is 24.3 Å². The fraction of sp³-hybridized carbons (Fsp3) is 0.870. The molecule has 0 atom stereocenters. The topological polar surface area (TPSA) is 27.7 Å². The third kappa shape index (κ3) is 47.4. The maximum absolute atomic E-state index is 5.65. The van der Waals surface area contributed by atoms with E-state index < -0.39 is 0 Å². The molecule has 0 aliphatic rings. The van der Waals surface area contributed by atoms with Crippen molar-refractivity contribution in [1.82, 2.24) is 0 Å². The second kappa shape index (κ2) is 26.3. The highest BCUT2D eigenvalue weighted by molar-refractivity contribution is 7.99. The van der Waals surface area contributed by atoms with Crippen LogP contribution in [0.4, 0.5) is 0 Å². The minimum atomic E-state index is 0. The molecule has 1 aromatic carbocycles. The lowest BCUT2D eigenvalue weighted by atomic mass is 9.85. The molecule has 3 nitrogen and oxygen atoms in total. The van der Waals surface area contributed by atoms with E-state index in [2.05, 4.69) is 149 Å². The van der Waals surface area contributed by atoms with Crippen LogP contribution in [0.1, 0.15) is 175 Å². The standard InChI is InChI=1S/C17H36O2S.C16H26.C12H26O.CH4/c1-16(2,3)8-11-18-10-7-14-20-15-13-19-12-9-17(4,5)6;1-15(2,3)11-13-7-9-14(10-8-13)12-16(4,5)6;1-11(2,3)7-9-13-10-8-12(4,5)6;/h7-15H2,1-6H3;7-10H,11-12H2,1-6H3;7-10H2,1-6H3;1H4. The summed E-state index contributed by atoms with van der Waals surface area (Å²) in [6, 6.07) is 9.14. The number of rotatable bonds is 17. The van der Waals surface area contributed by atoms with E-state index in [1.807, 2.05) is 11.8 Å². The van der Waals surface area contributed by atoms with Gasteiger partial charge in [-0.3, -0.25) is 0 Å². The Bertz CT molecular complexity index is 819. The smallest absolute Gasteiger partial charge is 0.0556 e. The van der Waals surface area contributed by atoms with Crippen LogP contribution in [0, 0.1) is 32.5 Å². The van der Waals surface area contributed by atoms with Crippen molar-refractivity contribution < 1.29 is 14.2 Å². The van der Waals surface area contributed by atoms with Crippen molar-refractivity contribution in [3.05, 3.63) is 35.4 Å². The Kier molecular flexibility index (Phi) is 28.3. The van der Waals surface area contributed by atoms with Crippen molar-refractivity contribution in [2.45, 2.75) is 177 Å². The summed E-state index contributed by atoms with van der Waals surface area (Å²) < 4.78 is 16.9. The highest BCUT2D eigenvalue weighted by Gasteiger charge is 2.14. The summed E-state index contributed by atoms with van der Waals surface area (Å²) in [5.41, 5.74) is 5.24. The predicted octanol–water partition coefficient (Wildman–Crippen LogP) is 14.4. The summed E-state index contributed by atoms with van der Waals surface area (Å²) in [6.45, 7) is 46.1. The molecule has 1 rings (SSSR count). The van der Waals surface area contributed by atoms with Crippen molar-refractivity contribution in [2.24, 2.45) is 32.5 Å². The van der Waals surface area contributed by atoms with Crippen molar-refractivity contribution >= 4 is 11.8 Å². The maximum Gasteiger partial charge on any atom is 0.0556 e. The monoisotopic (exact) mass is 725 g/mol. The second-order valence-corrected chi connectivity index (χ2v) is 22.6. The van der Waals surface area contributed by atoms with Gasteiger partial charge >= 0.3 is 0 Å². The first kappa shape index (κ1) is 53.8. The average Bonchev–Trinajstić information content (AvgIpc) is 2.87. The normalized spacial score (nSPS) is 12.8. The van der Waals surface area contributed by atoms with E-state index in [9.17, 15) is 0 Å². The van der Waals surface area contributed by atoms with E-state index in [0.717, 1.165) is 90.3 Å². The highest BCUT2D eigenvalue weighted by atomic mass is 32.2. The maximum atomic E-state index is 5.65. The molecule has 300 valence electrons. The van der Waals surface area contributed by atoms with Crippen LogP contribution in [-0.4, -0.2) is 51.1 Å². The Morgan fingerprint density at radius 2 is 0.660 bits per heavy atom. The molecule has 0 saturated carbocycles. The van der Waals surface area contributed by atoms with Gasteiger partial charge in [-0.2, -0.15) is 11.8 Å². The van der Waals surface area contributed by atoms with Gasteiger partial charge in [-0.05, 0) is 94.3 Å². The molecule has 0 aromatic heterocycles. The molecule has 50 heavy (non-hydrogen) atoms. The van der Waals surface area contributed by atoms with Gasteiger partial charge in [0.2, 0.25) is 0 Å². The molecule has 0 N–H and O–H groups in total. The number of benzene rings is 1. The predicted molar refractivity (Wildman–Crippen MR) is 230 cm³/mol. The zero-order chi connectivity index (χ0) is 38.4. The third-order valence-electron chi connectivity index (χ3n) is 7.43. The van der Waals surface area contributed by atoms with E-state index in [-0.39, 0.29) is 7.43 Å². The summed E-state index contributed by atoms with van der Waals surface area (Å²) >= 11 is 1.97. The SMILES string of the molecule is C.CC(C)(C)CCOCCC(C)(C)C.CC(C)(C)CCOCCCSCCOCCC(C)(C)C.CC(C)(C)Cc1ccc(CC(C)(C)C)cc1. The Labute approximate surface area is 321 Å². The summed E-state index contributed by atoms with van der Waals surface area (Å²) in [6.07, 6.45) is 8.04. The zero-order valence-corrected chi connectivity index (χ0v) is 37.4. The van der Waals surface area contributed by atoms with Crippen LogP contribution in [0.2, 0.25) is 0 Å². The van der Waals surface area contributed by atoms with E-state index in [1.165, 1.54) is 16.9 Å². The number of ether oxygens (including phenoxy) is 3. The molecule has 4 heteroatoms. The van der Waals surface area contributed by atoms with Gasteiger partial charge in [0, 0.05) is 38.8 Å². The van der Waals surface area contributed by atoms with Crippen LogP contribution in [0.25, 0.3) is 0 Å². The molecule has 0 saturated heterocycles. The van der Waals surface area contributed by atoms with Crippen molar-refractivity contribution in [1.29, 1.82) is 0 Å². The molecule has 0 spiro atoms. The summed E-state index contributed by atoms with van der Waals surface area (Å²) in [5, 5.41) is 0. The summed E-state index contributed by atoms with van der Waals surface area (Å²) in [7, 11) is 0. The summed E-state index contributed by atoms with van der Waals surface area (Å²) in [4.78, 5) is 0. The van der Waals surface area contributed by atoms with Gasteiger partial charge in [0.25, 0.3) is 0 Å². The van der Waals surface area contributed by atoms with Gasteiger partial charge in [-0.25, -0.2) is 0 Å². The van der Waals surface area contributed by atoms with Crippen molar-refractivity contribution in [2.75, 3.05) is 51.1 Å². The molecule has 0 radical (unpaired) electrons. The van der Waals surface area contributed by atoms with Gasteiger partial charge in [-0.1, -0.05) is 156 Å². The molecule has 0 aliphatic heterocycles. The van der Waals surface area contributed by atoms with Gasteiger partial charge < -0.3 is 14.2 Å². The fourth-order valence-electron chi connectivity index (χ4n) is 4.30. The van der Waals surface area contributed by atoms with Gasteiger partial charge in [0.05, 0.1) is 6.61 Å². The molecule has 0 unspecified atom stereocenters. The average molecular weight is 725 g/mol. The number of thioether (sulfide) groups is 1. The van der Waals surface area contributed by atoms with Crippen LogP contribution in [0.3, 0.4) is 0 Å². The van der Waals surface area contributed by atoms with E-state index >= 15 is 0 Å². The Morgan fingerprint density at radius 3 is 0.940 bits per heavy atom. The summed E-state index contributed by atoms with van der Waals surface area (Å²) in [5.74, 6) is 2.28. The van der Waals surface area contributed by atoms with Crippen molar-refractivity contribution in [3.63, 3.8) is 0 Å². The Hall–Kier alpha value is -0.550. The molecule has 0 heterocycles. The van der Waals surface area contributed by atoms with Crippen LogP contribution < -0.4 is 0 Å². The molecule has 0 aliphatic carbocycles. The quantitative estimate of drug-likeness (QED) is 0.150. The van der Waals surface area contributed by atoms with Crippen LogP contribution in [0.5, 0.6) is 0 Å². The molecular formula is C46H92O3S. The minimum Gasteiger partial charge on any atom is -0.381 e. The fourth-order valence-corrected chi connectivity index (χ4v) is 5.06. The highest BCUT2D eigenvalue weighted by Crippen LogP contribution is 2.24. The zero-order valence-electron chi connectivity index (χ0n) is 36.5. The lowest BCUT2D eigenvalue weighted by Crippen LogP contribution is -2.13. The molecular weight excluding hydrogens is 633 g/mol. The third-order valence-corrected chi connectivity index (χ3v) is 8.46. The van der Waals surface area contributed by atoms with E-state index in [1.54, 1.807) is 0 Å². The van der Waals surface area contributed by atoms with Gasteiger partial charge in [0.1, 0.15) is 0 Å². The van der Waals surface area contributed by atoms with Gasteiger partial charge in [0.15, 0.2) is 0 Å². The van der Waals surface area contributed by atoms with Gasteiger partial charge in [-0.15, -0.1) is 0 Å². The van der Waals surface area contributed by atoms with Crippen LogP contribution in [-0.2, 0) is 27.1 Å². The minimum absolute atomic E-state index is 0.